The molecule has 20 heavy (non-hydrogen) atoms. The summed E-state index contributed by atoms with van der Waals surface area (Å²) in [5, 5.41) is 10.8. The van der Waals surface area contributed by atoms with Gasteiger partial charge in [0.05, 0.1) is 16.9 Å². The van der Waals surface area contributed by atoms with Crippen molar-refractivity contribution in [3.8, 4) is 5.69 Å². The molecule has 0 aliphatic heterocycles. The normalized spacial score (nSPS) is 10.7. The summed E-state index contributed by atoms with van der Waals surface area (Å²) in [4.78, 5) is 11.6. The molecule has 100 valence electrons. The third-order valence-electron chi connectivity index (χ3n) is 3.10. The van der Waals surface area contributed by atoms with Gasteiger partial charge in [-0.15, -0.1) is 5.10 Å². The molecule has 3 N–H and O–H groups in total. The van der Waals surface area contributed by atoms with Crippen LogP contribution in [-0.4, -0.2) is 27.9 Å². The predicted octanol–water partition coefficient (Wildman–Crippen LogP) is 1.36. The van der Waals surface area contributed by atoms with E-state index in [1.165, 1.54) is 0 Å². The Kier molecular flexibility index (Phi) is 2.83. The molecule has 0 bridgehead atoms. The molecule has 2 aromatic carbocycles. The lowest BCUT2D eigenvalue weighted by atomic mass is 10.1. The molecule has 0 radical (unpaired) electrons. The zero-order chi connectivity index (χ0) is 14.1. The van der Waals surface area contributed by atoms with Crippen LogP contribution in [0.5, 0.6) is 0 Å². The van der Waals surface area contributed by atoms with Crippen molar-refractivity contribution < 1.29 is 4.79 Å². The Balaban J connectivity index is 2.13. The minimum absolute atomic E-state index is 0.174. The number of fused-ring (bicyclic) bond motifs is 1. The first-order valence-corrected chi connectivity index (χ1v) is 6.13. The summed E-state index contributed by atoms with van der Waals surface area (Å²) in [5.41, 5.74) is 9.38. The van der Waals surface area contributed by atoms with Gasteiger partial charge in [0.25, 0.3) is 5.91 Å². The van der Waals surface area contributed by atoms with Gasteiger partial charge in [0.15, 0.2) is 0 Å². The van der Waals surface area contributed by atoms with Crippen LogP contribution in [0, 0.1) is 0 Å². The Labute approximate surface area is 115 Å². The Morgan fingerprint density at radius 1 is 1.25 bits per heavy atom. The second-order valence-corrected chi connectivity index (χ2v) is 4.34. The first-order valence-electron chi connectivity index (χ1n) is 6.13. The van der Waals surface area contributed by atoms with Crippen LogP contribution in [0.4, 0.5) is 5.69 Å². The molecule has 6 heteroatoms. The van der Waals surface area contributed by atoms with E-state index in [9.17, 15) is 4.79 Å². The van der Waals surface area contributed by atoms with Crippen LogP contribution in [0.2, 0.25) is 0 Å². The molecule has 1 amide bonds. The maximum atomic E-state index is 11.6. The third kappa shape index (κ3) is 1.87. The number of carbonyl (C=O) groups is 1. The minimum Gasteiger partial charge on any atom is -0.397 e. The van der Waals surface area contributed by atoms with Crippen LogP contribution in [0.1, 0.15) is 10.4 Å². The summed E-state index contributed by atoms with van der Waals surface area (Å²) >= 11 is 0. The van der Waals surface area contributed by atoms with Crippen LogP contribution < -0.4 is 11.1 Å². The van der Waals surface area contributed by atoms with Crippen LogP contribution in [0.15, 0.2) is 42.5 Å². The van der Waals surface area contributed by atoms with Gasteiger partial charge in [0.2, 0.25) is 0 Å². The fourth-order valence-corrected chi connectivity index (χ4v) is 2.08. The van der Waals surface area contributed by atoms with E-state index in [1.54, 1.807) is 29.9 Å². The van der Waals surface area contributed by atoms with Crippen molar-refractivity contribution in [3.05, 3.63) is 48.0 Å². The summed E-state index contributed by atoms with van der Waals surface area (Å²) in [6, 6.07) is 12.7. The molecule has 0 aliphatic carbocycles. The van der Waals surface area contributed by atoms with E-state index in [4.69, 9.17) is 5.73 Å². The minimum atomic E-state index is -0.174. The highest BCUT2D eigenvalue weighted by Gasteiger charge is 2.11. The number of para-hydroxylation sites is 1. The number of nitrogens with one attached hydrogen (secondary N) is 1. The van der Waals surface area contributed by atoms with Crippen LogP contribution in [0.25, 0.3) is 16.7 Å². The van der Waals surface area contributed by atoms with Crippen molar-refractivity contribution in [3.63, 3.8) is 0 Å². The van der Waals surface area contributed by atoms with Crippen LogP contribution >= 0.6 is 0 Å². The number of nitrogen functional groups attached to an aromatic ring is 1. The number of nitrogens with two attached hydrogens (primary N) is 1. The molecule has 0 aliphatic rings. The number of benzene rings is 2. The third-order valence-corrected chi connectivity index (χ3v) is 3.10. The maximum Gasteiger partial charge on any atom is 0.251 e. The van der Waals surface area contributed by atoms with E-state index >= 15 is 0 Å². The van der Waals surface area contributed by atoms with Crippen molar-refractivity contribution in [2.75, 3.05) is 12.8 Å². The fourth-order valence-electron chi connectivity index (χ4n) is 2.08. The molecule has 0 atom stereocenters. The first-order chi connectivity index (χ1) is 9.70. The van der Waals surface area contributed by atoms with Gasteiger partial charge in [-0.1, -0.05) is 17.3 Å². The van der Waals surface area contributed by atoms with Gasteiger partial charge in [-0.05, 0) is 30.3 Å². The maximum absolute atomic E-state index is 11.6. The Bertz CT molecular complexity index is 793. The van der Waals surface area contributed by atoms with Crippen molar-refractivity contribution in [1.82, 2.24) is 20.3 Å². The zero-order valence-corrected chi connectivity index (χ0v) is 10.9. The van der Waals surface area contributed by atoms with Gasteiger partial charge in [-0.25, -0.2) is 4.68 Å². The first kappa shape index (κ1) is 12.2. The van der Waals surface area contributed by atoms with Crippen molar-refractivity contribution in [1.29, 1.82) is 0 Å². The molecule has 0 fully saturated rings. The number of anilines is 1. The zero-order valence-electron chi connectivity index (χ0n) is 10.9. The molecule has 0 saturated carbocycles. The molecular formula is C14H13N5O. The quantitative estimate of drug-likeness (QED) is 0.686. The number of amides is 1. The Morgan fingerprint density at radius 3 is 2.80 bits per heavy atom. The van der Waals surface area contributed by atoms with Crippen molar-refractivity contribution in [2.45, 2.75) is 0 Å². The van der Waals surface area contributed by atoms with Crippen LogP contribution in [-0.2, 0) is 0 Å². The molecule has 0 spiro atoms. The van der Waals surface area contributed by atoms with Gasteiger partial charge >= 0.3 is 0 Å². The molecule has 0 unspecified atom stereocenters. The van der Waals surface area contributed by atoms with E-state index in [0.29, 0.717) is 16.9 Å². The smallest absolute Gasteiger partial charge is 0.251 e. The number of rotatable bonds is 2. The largest absolute Gasteiger partial charge is 0.397 e. The summed E-state index contributed by atoms with van der Waals surface area (Å²) in [6.07, 6.45) is 0. The van der Waals surface area contributed by atoms with Gasteiger partial charge in [-0.3, -0.25) is 4.79 Å². The summed E-state index contributed by atoms with van der Waals surface area (Å²) in [5.74, 6) is -0.174. The van der Waals surface area contributed by atoms with E-state index in [-0.39, 0.29) is 5.91 Å². The Morgan fingerprint density at radius 2 is 2.05 bits per heavy atom. The molecule has 0 saturated heterocycles. The molecule has 1 heterocycles. The second-order valence-electron chi connectivity index (χ2n) is 4.34. The lowest BCUT2D eigenvalue weighted by Gasteiger charge is -2.08. The monoisotopic (exact) mass is 267 g/mol. The van der Waals surface area contributed by atoms with Crippen LogP contribution in [0.3, 0.4) is 0 Å². The summed E-state index contributed by atoms with van der Waals surface area (Å²) < 4.78 is 1.66. The number of hydrogen-bond acceptors (Lipinski definition) is 4. The van der Waals surface area contributed by atoms with Gasteiger partial charge in [0.1, 0.15) is 5.52 Å². The lowest BCUT2D eigenvalue weighted by molar-refractivity contribution is 0.0963. The van der Waals surface area contributed by atoms with E-state index in [1.807, 2.05) is 24.3 Å². The van der Waals surface area contributed by atoms with Crippen molar-refractivity contribution in [2.24, 2.45) is 0 Å². The fraction of sp³-hybridized carbons (Fsp3) is 0.0714. The van der Waals surface area contributed by atoms with Gasteiger partial charge in [0, 0.05) is 12.6 Å². The van der Waals surface area contributed by atoms with Crippen molar-refractivity contribution >= 4 is 22.6 Å². The van der Waals surface area contributed by atoms with E-state index < -0.39 is 0 Å². The average molecular weight is 267 g/mol. The highest BCUT2D eigenvalue weighted by atomic mass is 16.1. The Hall–Kier alpha value is -2.89. The number of hydrogen-bond donors (Lipinski definition) is 2. The second kappa shape index (κ2) is 4.65. The molecule has 1 aromatic heterocycles. The highest BCUT2D eigenvalue weighted by Crippen LogP contribution is 2.22. The van der Waals surface area contributed by atoms with E-state index in [0.717, 1.165) is 11.0 Å². The topological polar surface area (TPSA) is 85.8 Å². The lowest BCUT2D eigenvalue weighted by Crippen LogP contribution is -2.18. The number of carbonyl (C=O) groups excluding carboxylic acids is 1. The SMILES string of the molecule is CNC(=O)c1ccc(-n2nnc3ccccc32)c(N)c1. The summed E-state index contributed by atoms with van der Waals surface area (Å²) in [6.45, 7) is 0. The molecule has 6 nitrogen and oxygen atoms in total. The number of aromatic nitrogens is 3. The standard InChI is InChI=1S/C14H13N5O/c1-16-14(20)9-6-7-12(10(15)8-9)19-13-5-3-2-4-11(13)17-18-19/h2-8H,15H2,1H3,(H,16,20). The van der Waals surface area contributed by atoms with E-state index in [2.05, 4.69) is 15.6 Å². The molecular weight excluding hydrogens is 254 g/mol. The molecule has 3 rings (SSSR count). The summed E-state index contributed by atoms with van der Waals surface area (Å²) in [7, 11) is 1.58. The number of nitrogens with zero attached hydrogens (tertiary/aromatic N) is 3. The molecule has 3 aromatic rings. The average Bonchev–Trinajstić information content (AvgIpc) is 2.90. The highest BCUT2D eigenvalue weighted by molar-refractivity contribution is 5.95. The van der Waals surface area contributed by atoms with Gasteiger partial charge in [-0.2, -0.15) is 0 Å². The van der Waals surface area contributed by atoms with Gasteiger partial charge < -0.3 is 11.1 Å². The predicted molar refractivity (Wildman–Crippen MR) is 76.7 cm³/mol.